The minimum atomic E-state index is -0.531. The lowest BCUT2D eigenvalue weighted by Crippen LogP contribution is -2.01. The van der Waals surface area contributed by atoms with Crippen molar-refractivity contribution < 1.29 is 5.11 Å². The third-order valence-electron chi connectivity index (χ3n) is 2.50. The van der Waals surface area contributed by atoms with Gasteiger partial charge in [0.15, 0.2) is 0 Å². The number of nitrogens with zero attached hydrogens (tertiary/aromatic N) is 1. The summed E-state index contributed by atoms with van der Waals surface area (Å²) in [6.07, 6.45) is 1.25. The zero-order valence-corrected chi connectivity index (χ0v) is 9.53. The molecule has 0 amide bonds. The molecule has 1 N–H and O–H groups in total. The van der Waals surface area contributed by atoms with Crippen molar-refractivity contribution in [2.75, 3.05) is 6.54 Å². The first-order valence-electron chi connectivity index (χ1n) is 5.64. The Balaban J connectivity index is 1.93. The molecule has 2 aromatic carbocycles. The smallest absolute Gasteiger partial charge is 0.0985 e. The summed E-state index contributed by atoms with van der Waals surface area (Å²) in [7, 11) is 0. The molecule has 0 radical (unpaired) electrons. The second-order valence-electron chi connectivity index (χ2n) is 3.83. The van der Waals surface area contributed by atoms with E-state index in [1.54, 1.807) is 6.21 Å². The highest BCUT2D eigenvalue weighted by Crippen LogP contribution is 2.11. The van der Waals surface area contributed by atoms with Crippen molar-refractivity contribution in [1.29, 1.82) is 0 Å². The highest BCUT2D eigenvalue weighted by atomic mass is 16.3. The van der Waals surface area contributed by atoms with E-state index in [1.807, 2.05) is 60.7 Å². The van der Waals surface area contributed by atoms with E-state index in [0.29, 0.717) is 6.54 Å². The van der Waals surface area contributed by atoms with Crippen molar-refractivity contribution in [3.8, 4) is 0 Å². The van der Waals surface area contributed by atoms with Gasteiger partial charge in [0.1, 0.15) is 0 Å². The Labute approximate surface area is 101 Å². The molecule has 2 nitrogen and oxygen atoms in total. The zero-order valence-electron chi connectivity index (χ0n) is 9.53. The Morgan fingerprint density at radius 3 is 2.18 bits per heavy atom. The number of aliphatic imine (C=N–C) groups is 1. The lowest BCUT2D eigenvalue weighted by atomic mass is 10.1. The lowest BCUT2D eigenvalue weighted by molar-refractivity contribution is 0.187. The van der Waals surface area contributed by atoms with Crippen molar-refractivity contribution in [3.05, 3.63) is 71.8 Å². The van der Waals surface area contributed by atoms with Gasteiger partial charge in [-0.2, -0.15) is 0 Å². The van der Waals surface area contributed by atoms with Crippen molar-refractivity contribution in [3.63, 3.8) is 0 Å². The Bertz CT molecular complexity index is 465. The van der Waals surface area contributed by atoms with Crippen LogP contribution in [-0.2, 0) is 0 Å². The van der Waals surface area contributed by atoms with Crippen LogP contribution in [-0.4, -0.2) is 17.9 Å². The standard InChI is InChI=1S/C15H15NO/c17-15(14-9-5-2-6-10-14)12-16-11-13-7-3-1-4-8-13/h1-11,15,17H,12H2/b16-11-. The van der Waals surface area contributed by atoms with E-state index in [0.717, 1.165) is 11.1 Å². The van der Waals surface area contributed by atoms with Crippen LogP contribution in [0, 0.1) is 0 Å². The van der Waals surface area contributed by atoms with Gasteiger partial charge in [0.05, 0.1) is 12.6 Å². The second kappa shape index (κ2) is 5.97. The predicted molar refractivity (Wildman–Crippen MR) is 70.3 cm³/mol. The van der Waals surface area contributed by atoms with Crippen LogP contribution >= 0.6 is 0 Å². The molecule has 86 valence electrons. The minimum Gasteiger partial charge on any atom is -0.386 e. The third kappa shape index (κ3) is 3.54. The molecular weight excluding hydrogens is 210 g/mol. The average molecular weight is 225 g/mol. The Kier molecular flexibility index (Phi) is 4.05. The molecule has 17 heavy (non-hydrogen) atoms. The van der Waals surface area contributed by atoms with E-state index in [1.165, 1.54) is 0 Å². The molecule has 0 aliphatic heterocycles. The lowest BCUT2D eigenvalue weighted by Gasteiger charge is -2.06. The monoisotopic (exact) mass is 225 g/mol. The fourth-order valence-electron chi connectivity index (χ4n) is 1.58. The summed E-state index contributed by atoms with van der Waals surface area (Å²) >= 11 is 0. The summed E-state index contributed by atoms with van der Waals surface area (Å²) in [6, 6.07) is 19.4. The molecule has 0 saturated heterocycles. The molecule has 2 rings (SSSR count). The van der Waals surface area contributed by atoms with Crippen molar-refractivity contribution in [2.24, 2.45) is 4.99 Å². The molecule has 0 heterocycles. The van der Waals surface area contributed by atoms with E-state index in [-0.39, 0.29) is 0 Å². The molecule has 0 spiro atoms. The molecule has 0 aliphatic rings. The van der Waals surface area contributed by atoms with Gasteiger partial charge in [0.2, 0.25) is 0 Å². The summed E-state index contributed by atoms with van der Waals surface area (Å²) in [4.78, 5) is 4.24. The Morgan fingerprint density at radius 2 is 1.53 bits per heavy atom. The van der Waals surface area contributed by atoms with E-state index < -0.39 is 6.10 Å². The summed E-state index contributed by atoms with van der Waals surface area (Å²) in [5, 5.41) is 9.88. The number of aliphatic hydroxyl groups is 1. The summed E-state index contributed by atoms with van der Waals surface area (Å²) in [6.45, 7) is 0.388. The maximum atomic E-state index is 9.88. The van der Waals surface area contributed by atoms with Crippen LogP contribution in [0.2, 0.25) is 0 Å². The van der Waals surface area contributed by atoms with Gasteiger partial charge in [-0.05, 0) is 11.1 Å². The maximum Gasteiger partial charge on any atom is 0.0985 e. The highest BCUT2D eigenvalue weighted by molar-refractivity contribution is 5.79. The average Bonchev–Trinajstić information content (AvgIpc) is 2.41. The van der Waals surface area contributed by atoms with Crippen LogP contribution in [0.5, 0.6) is 0 Å². The van der Waals surface area contributed by atoms with Crippen LogP contribution in [0.3, 0.4) is 0 Å². The summed E-state index contributed by atoms with van der Waals surface area (Å²) in [5.41, 5.74) is 1.95. The van der Waals surface area contributed by atoms with Gasteiger partial charge in [-0.25, -0.2) is 0 Å². The number of hydrogen-bond acceptors (Lipinski definition) is 2. The zero-order chi connectivity index (χ0) is 11.9. The van der Waals surface area contributed by atoms with Crippen molar-refractivity contribution >= 4 is 6.21 Å². The molecule has 0 aromatic heterocycles. The van der Waals surface area contributed by atoms with E-state index >= 15 is 0 Å². The first-order chi connectivity index (χ1) is 8.36. The van der Waals surface area contributed by atoms with Crippen LogP contribution in [0.4, 0.5) is 0 Å². The highest BCUT2D eigenvalue weighted by Gasteiger charge is 2.03. The van der Waals surface area contributed by atoms with E-state index in [4.69, 9.17) is 0 Å². The van der Waals surface area contributed by atoms with Gasteiger partial charge in [-0.3, -0.25) is 4.99 Å². The van der Waals surface area contributed by atoms with Gasteiger partial charge >= 0.3 is 0 Å². The quantitative estimate of drug-likeness (QED) is 0.797. The molecule has 2 aromatic rings. The number of hydrogen-bond donors (Lipinski definition) is 1. The topological polar surface area (TPSA) is 32.6 Å². The normalized spacial score (nSPS) is 12.8. The molecule has 1 unspecified atom stereocenters. The van der Waals surface area contributed by atoms with Gasteiger partial charge in [-0.1, -0.05) is 60.7 Å². The van der Waals surface area contributed by atoms with Crippen LogP contribution < -0.4 is 0 Å². The minimum absolute atomic E-state index is 0.388. The fourth-order valence-corrected chi connectivity index (χ4v) is 1.58. The maximum absolute atomic E-state index is 9.88. The molecule has 0 aliphatic carbocycles. The number of aliphatic hydroxyl groups excluding tert-OH is 1. The molecule has 0 bridgehead atoms. The largest absolute Gasteiger partial charge is 0.386 e. The first-order valence-corrected chi connectivity index (χ1v) is 5.64. The Hall–Kier alpha value is -1.93. The number of benzene rings is 2. The van der Waals surface area contributed by atoms with Gasteiger partial charge in [0.25, 0.3) is 0 Å². The first kappa shape index (κ1) is 11.6. The summed E-state index contributed by atoms with van der Waals surface area (Å²) < 4.78 is 0. The molecule has 2 heteroatoms. The van der Waals surface area contributed by atoms with E-state index in [9.17, 15) is 5.11 Å². The third-order valence-corrected chi connectivity index (χ3v) is 2.50. The summed E-state index contributed by atoms with van der Waals surface area (Å²) in [5.74, 6) is 0. The number of rotatable bonds is 4. The molecule has 0 saturated carbocycles. The second-order valence-corrected chi connectivity index (χ2v) is 3.83. The SMILES string of the molecule is OC(C/N=C\c1ccccc1)c1ccccc1. The van der Waals surface area contributed by atoms with E-state index in [2.05, 4.69) is 4.99 Å². The van der Waals surface area contributed by atoms with Crippen molar-refractivity contribution in [1.82, 2.24) is 0 Å². The van der Waals surface area contributed by atoms with Gasteiger partial charge in [-0.15, -0.1) is 0 Å². The molecular formula is C15H15NO. The molecule has 1 atom stereocenters. The van der Waals surface area contributed by atoms with Gasteiger partial charge < -0.3 is 5.11 Å². The van der Waals surface area contributed by atoms with Crippen LogP contribution in [0.1, 0.15) is 17.2 Å². The predicted octanol–water partition coefficient (Wildman–Crippen LogP) is 2.84. The Morgan fingerprint density at radius 1 is 0.941 bits per heavy atom. The van der Waals surface area contributed by atoms with Crippen molar-refractivity contribution in [2.45, 2.75) is 6.10 Å². The van der Waals surface area contributed by atoms with Crippen LogP contribution in [0.15, 0.2) is 65.7 Å². The fraction of sp³-hybridized carbons (Fsp3) is 0.133. The molecule has 0 fully saturated rings. The van der Waals surface area contributed by atoms with Crippen LogP contribution in [0.25, 0.3) is 0 Å². The van der Waals surface area contributed by atoms with Gasteiger partial charge in [0, 0.05) is 6.21 Å².